The molecule has 210 valence electrons. The number of benzene rings is 2. The minimum atomic E-state index is -4.49. The quantitative estimate of drug-likeness (QED) is 0.286. The van der Waals surface area contributed by atoms with Crippen molar-refractivity contribution >= 4 is 11.7 Å². The van der Waals surface area contributed by atoms with E-state index >= 15 is 0 Å². The van der Waals surface area contributed by atoms with Gasteiger partial charge in [0.15, 0.2) is 0 Å². The SMILES string of the molecule is COCCCN(Cc1c(C)nn(-c2cccc(F)c2)c1N1CCN(C)CC1)C(=O)c1ccc(C(F)(F)F)cc1. The third kappa shape index (κ3) is 6.77. The second-order valence-corrected chi connectivity index (χ2v) is 9.72. The molecular formula is C28H33F4N5O2. The van der Waals surface area contributed by atoms with E-state index in [1.54, 1.807) is 28.8 Å². The number of hydrogen-bond acceptors (Lipinski definition) is 5. The number of carbonyl (C=O) groups is 1. The lowest BCUT2D eigenvalue weighted by atomic mass is 10.1. The van der Waals surface area contributed by atoms with E-state index in [0.29, 0.717) is 31.0 Å². The summed E-state index contributed by atoms with van der Waals surface area (Å²) >= 11 is 0. The van der Waals surface area contributed by atoms with E-state index in [0.717, 1.165) is 49.7 Å². The van der Waals surface area contributed by atoms with Crippen LogP contribution in [0, 0.1) is 12.7 Å². The maximum atomic E-state index is 14.2. The lowest BCUT2D eigenvalue weighted by molar-refractivity contribution is -0.137. The summed E-state index contributed by atoms with van der Waals surface area (Å²) in [5.74, 6) is 0.00965. The van der Waals surface area contributed by atoms with Gasteiger partial charge in [-0.25, -0.2) is 9.07 Å². The van der Waals surface area contributed by atoms with Crippen LogP contribution in [0.3, 0.4) is 0 Å². The van der Waals surface area contributed by atoms with Gasteiger partial charge in [-0.2, -0.15) is 18.3 Å². The largest absolute Gasteiger partial charge is 0.416 e. The van der Waals surface area contributed by atoms with Crippen molar-refractivity contribution in [3.05, 3.63) is 76.7 Å². The minimum Gasteiger partial charge on any atom is -0.385 e. The van der Waals surface area contributed by atoms with E-state index in [2.05, 4.69) is 9.80 Å². The molecule has 0 aliphatic carbocycles. The fraction of sp³-hybridized carbons (Fsp3) is 0.429. The maximum Gasteiger partial charge on any atom is 0.416 e. The molecule has 39 heavy (non-hydrogen) atoms. The zero-order valence-corrected chi connectivity index (χ0v) is 22.3. The number of hydrogen-bond donors (Lipinski definition) is 0. The van der Waals surface area contributed by atoms with Crippen LogP contribution in [-0.2, 0) is 17.5 Å². The Hall–Kier alpha value is -3.44. The molecule has 0 N–H and O–H groups in total. The number of amides is 1. The molecule has 7 nitrogen and oxygen atoms in total. The van der Waals surface area contributed by atoms with Crippen LogP contribution in [0.25, 0.3) is 5.69 Å². The molecule has 1 fully saturated rings. The summed E-state index contributed by atoms with van der Waals surface area (Å²) in [6, 6.07) is 10.4. The number of anilines is 1. The molecule has 2 aromatic carbocycles. The standard InChI is InChI=1S/C28H33F4N5O2/c1-20-25(19-36(12-5-17-39-3)27(38)21-8-10-22(11-9-21)28(30,31)32)26(35-15-13-34(2)14-16-35)37(33-20)24-7-4-6-23(29)18-24/h4,6-11,18H,5,12-17,19H2,1-3H3. The number of ether oxygens (including phenoxy) is 1. The summed E-state index contributed by atoms with van der Waals surface area (Å²) in [6.45, 7) is 5.89. The van der Waals surface area contributed by atoms with Crippen LogP contribution in [-0.4, -0.2) is 79.0 Å². The molecule has 0 radical (unpaired) electrons. The van der Waals surface area contributed by atoms with Gasteiger partial charge in [0.25, 0.3) is 5.91 Å². The number of alkyl halides is 3. The zero-order valence-electron chi connectivity index (χ0n) is 22.3. The lowest BCUT2D eigenvalue weighted by Gasteiger charge is -2.35. The third-order valence-corrected chi connectivity index (χ3v) is 6.88. The normalized spacial score (nSPS) is 14.6. The van der Waals surface area contributed by atoms with Gasteiger partial charge in [0.2, 0.25) is 0 Å². The molecule has 0 spiro atoms. The summed E-state index contributed by atoms with van der Waals surface area (Å²) in [7, 11) is 3.62. The molecule has 1 aromatic heterocycles. The summed E-state index contributed by atoms with van der Waals surface area (Å²) in [4.78, 5) is 19.6. The molecule has 1 aliphatic rings. The van der Waals surface area contributed by atoms with Crippen LogP contribution in [0.5, 0.6) is 0 Å². The predicted molar refractivity (Wildman–Crippen MR) is 141 cm³/mol. The van der Waals surface area contributed by atoms with E-state index in [-0.39, 0.29) is 23.8 Å². The van der Waals surface area contributed by atoms with Crippen molar-refractivity contribution in [1.29, 1.82) is 0 Å². The Labute approximate surface area is 225 Å². The highest BCUT2D eigenvalue weighted by Gasteiger charge is 2.31. The van der Waals surface area contributed by atoms with Crippen molar-refractivity contribution in [3.8, 4) is 5.69 Å². The van der Waals surface area contributed by atoms with E-state index in [4.69, 9.17) is 9.84 Å². The number of piperazine rings is 1. The highest BCUT2D eigenvalue weighted by Crippen LogP contribution is 2.32. The Bertz CT molecular complexity index is 1270. The molecule has 11 heteroatoms. The number of aromatic nitrogens is 2. The van der Waals surface area contributed by atoms with Gasteiger partial charge in [-0.15, -0.1) is 0 Å². The fourth-order valence-corrected chi connectivity index (χ4v) is 4.69. The molecule has 0 bridgehead atoms. The van der Waals surface area contributed by atoms with E-state index in [1.807, 2.05) is 14.0 Å². The van der Waals surface area contributed by atoms with Crippen LogP contribution < -0.4 is 4.90 Å². The van der Waals surface area contributed by atoms with Gasteiger partial charge in [-0.1, -0.05) is 6.07 Å². The molecule has 1 aliphatic heterocycles. The highest BCUT2D eigenvalue weighted by atomic mass is 19.4. The molecule has 4 rings (SSSR count). The second kappa shape index (κ2) is 12.2. The Morgan fingerprint density at radius 2 is 1.77 bits per heavy atom. The third-order valence-electron chi connectivity index (χ3n) is 6.88. The van der Waals surface area contributed by atoms with Crippen LogP contribution in [0.15, 0.2) is 48.5 Å². The van der Waals surface area contributed by atoms with Crippen molar-refractivity contribution in [2.24, 2.45) is 0 Å². The number of aryl methyl sites for hydroxylation is 1. The second-order valence-electron chi connectivity index (χ2n) is 9.72. The van der Waals surface area contributed by atoms with Gasteiger partial charge >= 0.3 is 6.18 Å². The Balaban J connectivity index is 1.72. The van der Waals surface area contributed by atoms with E-state index in [1.165, 1.54) is 24.3 Å². The number of carbonyl (C=O) groups excluding carboxylic acids is 1. The molecule has 1 amide bonds. The van der Waals surface area contributed by atoms with Crippen molar-refractivity contribution in [3.63, 3.8) is 0 Å². The van der Waals surface area contributed by atoms with Crippen molar-refractivity contribution in [2.45, 2.75) is 26.1 Å². The van der Waals surface area contributed by atoms with Gasteiger partial charge in [0.05, 0.1) is 23.5 Å². The average Bonchev–Trinajstić information content (AvgIpc) is 3.23. The van der Waals surface area contributed by atoms with Gasteiger partial charge in [0.1, 0.15) is 11.6 Å². The first kappa shape index (κ1) is 28.6. The van der Waals surface area contributed by atoms with Gasteiger partial charge in [-0.3, -0.25) is 4.79 Å². The minimum absolute atomic E-state index is 0.164. The lowest BCUT2D eigenvalue weighted by Crippen LogP contribution is -2.45. The number of likely N-dealkylation sites (N-methyl/N-ethyl adjacent to an activating group) is 1. The summed E-state index contributed by atoms with van der Waals surface area (Å²) in [6.07, 6.45) is -3.94. The number of nitrogens with zero attached hydrogens (tertiary/aromatic N) is 5. The average molecular weight is 548 g/mol. The summed E-state index contributed by atoms with van der Waals surface area (Å²) in [5.41, 5.74) is 1.41. The predicted octanol–water partition coefficient (Wildman–Crippen LogP) is 4.77. The Morgan fingerprint density at radius 1 is 1.08 bits per heavy atom. The monoisotopic (exact) mass is 547 g/mol. The van der Waals surface area contributed by atoms with E-state index in [9.17, 15) is 22.4 Å². The first-order chi connectivity index (χ1) is 18.6. The maximum absolute atomic E-state index is 14.2. The van der Waals surface area contributed by atoms with Gasteiger partial charge in [0, 0.05) is 57.6 Å². The number of halogens is 4. The molecule has 0 unspecified atom stereocenters. The topological polar surface area (TPSA) is 53.8 Å². The molecule has 0 saturated carbocycles. The fourth-order valence-electron chi connectivity index (χ4n) is 4.69. The van der Waals surface area contributed by atoms with Crippen molar-refractivity contribution in [1.82, 2.24) is 19.6 Å². The van der Waals surface area contributed by atoms with Crippen LogP contribution >= 0.6 is 0 Å². The summed E-state index contributed by atoms with van der Waals surface area (Å²) < 4.78 is 60.3. The smallest absolute Gasteiger partial charge is 0.385 e. The Morgan fingerprint density at radius 3 is 2.38 bits per heavy atom. The summed E-state index contributed by atoms with van der Waals surface area (Å²) in [5, 5.41) is 4.74. The van der Waals surface area contributed by atoms with E-state index < -0.39 is 11.7 Å². The molecule has 3 aromatic rings. The van der Waals surface area contributed by atoms with Crippen LogP contribution in [0.1, 0.15) is 33.6 Å². The molecule has 1 saturated heterocycles. The molecule has 2 heterocycles. The number of rotatable bonds is 9. The molecule has 0 atom stereocenters. The number of methoxy groups -OCH3 is 1. The van der Waals surface area contributed by atoms with Crippen LogP contribution in [0.4, 0.5) is 23.4 Å². The first-order valence-corrected chi connectivity index (χ1v) is 12.8. The highest BCUT2D eigenvalue weighted by molar-refractivity contribution is 5.94. The van der Waals surface area contributed by atoms with Crippen molar-refractivity contribution < 1.29 is 27.1 Å². The van der Waals surface area contributed by atoms with Gasteiger partial charge < -0.3 is 19.4 Å². The van der Waals surface area contributed by atoms with Gasteiger partial charge in [-0.05, 0) is 62.9 Å². The zero-order chi connectivity index (χ0) is 28.2. The van der Waals surface area contributed by atoms with Crippen LogP contribution in [0.2, 0.25) is 0 Å². The van der Waals surface area contributed by atoms with Crippen molar-refractivity contribution in [2.75, 3.05) is 58.4 Å². The first-order valence-electron chi connectivity index (χ1n) is 12.8. The Kier molecular flexibility index (Phi) is 8.91. The molecular weight excluding hydrogens is 514 g/mol.